The van der Waals surface area contributed by atoms with Crippen molar-refractivity contribution in [3.63, 3.8) is 0 Å². The average Bonchev–Trinajstić information content (AvgIpc) is 2.67. The highest BCUT2D eigenvalue weighted by atomic mass is 32.2. The maximum Gasteiger partial charge on any atom is 0.247 e. The van der Waals surface area contributed by atoms with E-state index >= 15 is 0 Å². The van der Waals surface area contributed by atoms with Crippen LogP contribution < -0.4 is 9.62 Å². The van der Waals surface area contributed by atoms with Gasteiger partial charge in [0.2, 0.25) is 26.0 Å². The SMILES string of the molecule is CCN(CC)S(=O)(=O)c1ccc(NC(=O)[C@H](C)N(c2cc(C)cc(C)c2)S(C)(=O)=O)cc1. The lowest BCUT2D eigenvalue weighted by molar-refractivity contribution is -0.116. The number of nitrogens with one attached hydrogen (secondary N) is 1. The number of nitrogens with zero attached hydrogens (tertiary/aromatic N) is 2. The highest BCUT2D eigenvalue weighted by molar-refractivity contribution is 7.92. The molecule has 0 unspecified atom stereocenters. The van der Waals surface area contributed by atoms with Crippen molar-refractivity contribution in [3.05, 3.63) is 53.6 Å². The minimum absolute atomic E-state index is 0.125. The van der Waals surface area contributed by atoms with Gasteiger partial charge in [0, 0.05) is 18.8 Å². The van der Waals surface area contributed by atoms with E-state index in [0.717, 1.165) is 21.7 Å². The van der Waals surface area contributed by atoms with Gasteiger partial charge in [0.1, 0.15) is 6.04 Å². The number of anilines is 2. The summed E-state index contributed by atoms with van der Waals surface area (Å²) in [5.74, 6) is -0.533. The van der Waals surface area contributed by atoms with Gasteiger partial charge in [0.05, 0.1) is 16.8 Å². The molecule has 8 nitrogen and oxygen atoms in total. The van der Waals surface area contributed by atoms with Crippen LogP contribution in [-0.2, 0) is 24.8 Å². The predicted octanol–water partition coefficient (Wildman–Crippen LogP) is 3.13. The molecule has 0 aromatic heterocycles. The summed E-state index contributed by atoms with van der Waals surface area (Å²) in [6.45, 7) is 9.46. The lowest BCUT2D eigenvalue weighted by atomic mass is 10.1. The average molecular weight is 482 g/mol. The fourth-order valence-electron chi connectivity index (χ4n) is 3.56. The first-order valence-electron chi connectivity index (χ1n) is 10.3. The molecule has 176 valence electrons. The fraction of sp³-hybridized carbons (Fsp3) is 0.409. The van der Waals surface area contributed by atoms with E-state index in [-0.39, 0.29) is 4.90 Å². The minimum Gasteiger partial charge on any atom is -0.324 e. The van der Waals surface area contributed by atoms with Gasteiger partial charge in [0.25, 0.3) is 0 Å². The van der Waals surface area contributed by atoms with Crippen molar-refractivity contribution in [2.45, 2.75) is 45.6 Å². The monoisotopic (exact) mass is 481 g/mol. The fourth-order valence-corrected chi connectivity index (χ4v) is 6.17. The third-order valence-electron chi connectivity index (χ3n) is 5.01. The molecule has 1 N–H and O–H groups in total. The van der Waals surface area contributed by atoms with Gasteiger partial charge < -0.3 is 5.32 Å². The summed E-state index contributed by atoms with van der Waals surface area (Å²) in [7, 11) is -7.35. The van der Waals surface area contributed by atoms with Crippen molar-refractivity contribution in [1.29, 1.82) is 0 Å². The minimum atomic E-state index is -3.74. The van der Waals surface area contributed by atoms with Gasteiger partial charge in [-0.1, -0.05) is 19.9 Å². The zero-order valence-electron chi connectivity index (χ0n) is 19.3. The molecule has 0 aliphatic carbocycles. The van der Waals surface area contributed by atoms with Crippen molar-refractivity contribution in [2.24, 2.45) is 0 Å². The summed E-state index contributed by atoms with van der Waals surface area (Å²) >= 11 is 0. The molecule has 0 saturated carbocycles. The van der Waals surface area contributed by atoms with Gasteiger partial charge >= 0.3 is 0 Å². The Morgan fingerprint density at radius 3 is 1.88 bits per heavy atom. The van der Waals surface area contributed by atoms with Gasteiger partial charge in [0.15, 0.2) is 0 Å². The van der Waals surface area contributed by atoms with Crippen LogP contribution >= 0.6 is 0 Å². The number of sulfonamides is 2. The normalized spacial score (nSPS) is 13.1. The summed E-state index contributed by atoms with van der Waals surface area (Å²) in [6.07, 6.45) is 1.06. The van der Waals surface area contributed by atoms with Gasteiger partial charge in [-0.25, -0.2) is 16.8 Å². The number of amides is 1. The van der Waals surface area contributed by atoms with Gasteiger partial charge in [-0.05, 0) is 68.3 Å². The van der Waals surface area contributed by atoms with E-state index in [2.05, 4.69) is 5.32 Å². The lowest BCUT2D eigenvalue weighted by Gasteiger charge is -2.29. The molecule has 1 amide bonds. The van der Waals surface area contributed by atoms with E-state index < -0.39 is 32.0 Å². The van der Waals surface area contributed by atoms with Gasteiger partial charge in [-0.15, -0.1) is 0 Å². The quantitative estimate of drug-likeness (QED) is 0.593. The Kier molecular flexibility index (Phi) is 8.08. The van der Waals surface area contributed by atoms with E-state index in [9.17, 15) is 21.6 Å². The molecule has 2 aromatic carbocycles. The molecule has 2 aromatic rings. The number of aryl methyl sites for hydroxylation is 2. The van der Waals surface area contributed by atoms with Crippen LogP contribution in [0.2, 0.25) is 0 Å². The maximum atomic E-state index is 12.9. The molecule has 0 radical (unpaired) electrons. The second kappa shape index (κ2) is 10.0. The van der Waals surface area contributed by atoms with Crippen molar-refractivity contribution >= 4 is 37.3 Å². The van der Waals surface area contributed by atoms with Gasteiger partial charge in [-0.3, -0.25) is 9.10 Å². The number of rotatable bonds is 9. The number of carbonyl (C=O) groups is 1. The van der Waals surface area contributed by atoms with Crippen molar-refractivity contribution < 1.29 is 21.6 Å². The summed E-state index contributed by atoms with van der Waals surface area (Å²) < 4.78 is 52.7. The Labute approximate surface area is 191 Å². The summed E-state index contributed by atoms with van der Waals surface area (Å²) in [5.41, 5.74) is 2.54. The van der Waals surface area contributed by atoms with Crippen LogP contribution in [-0.4, -0.2) is 52.4 Å². The first-order chi connectivity index (χ1) is 14.8. The van der Waals surface area contributed by atoms with Crippen molar-refractivity contribution in [1.82, 2.24) is 4.31 Å². The second-order valence-corrected chi connectivity index (χ2v) is 11.5. The van der Waals surface area contributed by atoms with Crippen LogP contribution in [0.25, 0.3) is 0 Å². The number of hydrogen-bond donors (Lipinski definition) is 1. The van der Waals surface area contributed by atoms with Crippen LogP contribution in [0, 0.1) is 13.8 Å². The highest BCUT2D eigenvalue weighted by Gasteiger charge is 2.29. The van der Waals surface area contributed by atoms with E-state index in [1.807, 2.05) is 19.9 Å². The molecule has 10 heteroatoms. The first-order valence-corrected chi connectivity index (χ1v) is 13.6. The van der Waals surface area contributed by atoms with Crippen molar-refractivity contribution in [3.8, 4) is 0 Å². The third-order valence-corrected chi connectivity index (χ3v) is 8.32. The Bertz CT molecular complexity index is 1150. The highest BCUT2D eigenvalue weighted by Crippen LogP contribution is 2.25. The molecule has 2 rings (SSSR count). The molecule has 0 aliphatic rings. The first kappa shape index (κ1) is 25.8. The molecule has 0 heterocycles. The van der Waals surface area contributed by atoms with Crippen molar-refractivity contribution in [2.75, 3.05) is 29.0 Å². The van der Waals surface area contributed by atoms with Gasteiger partial charge in [-0.2, -0.15) is 4.31 Å². The van der Waals surface area contributed by atoms with Crippen LogP contribution in [0.15, 0.2) is 47.4 Å². The van der Waals surface area contributed by atoms with Crippen LogP contribution in [0.4, 0.5) is 11.4 Å². The van der Waals surface area contributed by atoms with E-state index in [1.54, 1.807) is 26.0 Å². The molecular weight excluding hydrogens is 450 g/mol. The number of carbonyl (C=O) groups excluding carboxylic acids is 1. The standard InChI is InChI=1S/C22H31N3O5S2/c1-7-24(8-2)32(29,30)21-11-9-19(10-12-21)23-22(26)18(5)25(31(6,27)28)20-14-16(3)13-17(4)15-20/h9-15,18H,7-8H2,1-6H3,(H,23,26)/t18-/m0/s1. The van der Waals surface area contributed by atoms with E-state index in [0.29, 0.717) is 24.5 Å². The largest absolute Gasteiger partial charge is 0.324 e. The Hall–Kier alpha value is -2.43. The van der Waals surface area contributed by atoms with Crippen LogP contribution in [0.5, 0.6) is 0 Å². The summed E-state index contributed by atoms with van der Waals surface area (Å²) in [5, 5.41) is 2.68. The molecular formula is C22H31N3O5S2. The summed E-state index contributed by atoms with van der Waals surface area (Å²) in [4.78, 5) is 13.0. The molecule has 0 bridgehead atoms. The topological polar surface area (TPSA) is 104 Å². The number of hydrogen-bond acceptors (Lipinski definition) is 5. The third kappa shape index (κ3) is 5.87. The molecule has 1 atom stereocenters. The predicted molar refractivity (Wildman–Crippen MR) is 128 cm³/mol. The lowest BCUT2D eigenvalue weighted by Crippen LogP contribution is -2.45. The molecule has 0 fully saturated rings. The Morgan fingerprint density at radius 1 is 0.938 bits per heavy atom. The molecule has 0 aliphatic heterocycles. The number of benzene rings is 2. The Balaban J connectivity index is 2.28. The smallest absolute Gasteiger partial charge is 0.247 e. The second-order valence-electron chi connectivity index (χ2n) is 7.68. The molecule has 32 heavy (non-hydrogen) atoms. The maximum absolute atomic E-state index is 12.9. The van der Waals surface area contributed by atoms with E-state index in [4.69, 9.17) is 0 Å². The van der Waals surface area contributed by atoms with Crippen LogP contribution in [0.1, 0.15) is 31.9 Å². The summed E-state index contributed by atoms with van der Waals surface area (Å²) in [6, 6.07) is 10.1. The Morgan fingerprint density at radius 2 is 1.44 bits per heavy atom. The zero-order valence-corrected chi connectivity index (χ0v) is 20.9. The van der Waals surface area contributed by atoms with E-state index in [1.165, 1.54) is 35.5 Å². The molecule has 0 spiro atoms. The van der Waals surface area contributed by atoms with Crippen LogP contribution in [0.3, 0.4) is 0 Å². The zero-order chi connectivity index (χ0) is 24.3. The molecule has 0 saturated heterocycles.